The molecule has 6 heteroatoms. The second-order valence-electron chi connectivity index (χ2n) is 8.79. The van der Waals surface area contributed by atoms with Crippen LogP contribution in [0.2, 0.25) is 0 Å². The van der Waals surface area contributed by atoms with Gasteiger partial charge in [0, 0.05) is 13.1 Å². The molecule has 2 saturated heterocycles. The van der Waals surface area contributed by atoms with Gasteiger partial charge in [0.2, 0.25) is 5.91 Å². The van der Waals surface area contributed by atoms with E-state index in [9.17, 15) is 4.79 Å². The van der Waals surface area contributed by atoms with E-state index in [1.54, 1.807) is 7.11 Å². The maximum Gasteiger partial charge on any atom is 0.238 e. The van der Waals surface area contributed by atoms with E-state index < -0.39 is 0 Å². The van der Waals surface area contributed by atoms with Crippen molar-refractivity contribution < 1.29 is 14.3 Å². The van der Waals surface area contributed by atoms with Gasteiger partial charge in [0.1, 0.15) is 24.3 Å². The van der Waals surface area contributed by atoms with E-state index in [1.165, 1.54) is 37.9 Å². The third-order valence-corrected chi connectivity index (χ3v) is 6.52. The number of ether oxygens (including phenoxy) is 2. The van der Waals surface area contributed by atoms with E-state index >= 15 is 0 Å². The van der Waals surface area contributed by atoms with E-state index in [1.807, 2.05) is 36.2 Å². The van der Waals surface area contributed by atoms with E-state index in [4.69, 9.17) is 9.47 Å². The first kappa shape index (κ1) is 22.6. The van der Waals surface area contributed by atoms with Gasteiger partial charge in [-0.05, 0) is 74.8 Å². The third-order valence-electron chi connectivity index (χ3n) is 6.52. The second-order valence-corrected chi connectivity index (χ2v) is 8.79. The standard InChI is InChI=1S/C26H35N3O3/c1-27-20-25(30)29(17-14-21-6-10-23(31-2)11-7-21)26(27)22-8-12-24(13-9-22)32-19-18-28-15-4-3-5-16-28/h6-13,26H,3-5,14-20H2,1-2H3. The van der Waals surface area contributed by atoms with Crippen molar-refractivity contribution >= 4 is 5.91 Å². The van der Waals surface area contributed by atoms with Gasteiger partial charge in [-0.1, -0.05) is 30.7 Å². The molecule has 0 aliphatic carbocycles. The number of rotatable bonds is 9. The summed E-state index contributed by atoms with van der Waals surface area (Å²) in [5, 5.41) is 0. The quantitative estimate of drug-likeness (QED) is 0.600. The maximum absolute atomic E-state index is 12.7. The largest absolute Gasteiger partial charge is 0.497 e. The number of likely N-dealkylation sites (N-methyl/N-ethyl adjacent to an activating group) is 1. The molecule has 1 unspecified atom stereocenters. The Morgan fingerprint density at radius 2 is 1.59 bits per heavy atom. The van der Waals surface area contributed by atoms with Gasteiger partial charge < -0.3 is 14.4 Å². The van der Waals surface area contributed by atoms with Crippen molar-refractivity contribution in [1.82, 2.24) is 14.7 Å². The minimum atomic E-state index is -0.0388. The summed E-state index contributed by atoms with van der Waals surface area (Å²) in [5.41, 5.74) is 2.32. The van der Waals surface area contributed by atoms with Gasteiger partial charge in [0.05, 0.1) is 13.7 Å². The number of benzene rings is 2. The number of hydrogen-bond donors (Lipinski definition) is 0. The summed E-state index contributed by atoms with van der Waals surface area (Å²) in [7, 11) is 3.68. The molecule has 1 amide bonds. The van der Waals surface area contributed by atoms with Crippen LogP contribution in [0.1, 0.15) is 36.6 Å². The van der Waals surface area contributed by atoms with Crippen LogP contribution in [0, 0.1) is 0 Å². The van der Waals surface area contributed by atoms with Crippen LogP contribution in [-0.4, -0.2) is 74.1 Å². The van der Waals surface area contributed by atoms with Crippen LogP contribution in [0.25, 0.3) is 0 Å². The smallest absolute Gasteiger partial charge is 0.238 e. The average Bonchev–Trinajstić information content (AvgIpc) is 3.12. The predicted molar refractivity (Wildman–Crippen MR) is 126 cm³/mol. The first-order valence-electron chi connectivity index (χ1n) is 11.7. The number of likely N-dealkylation sites (tertiary alicyclic amines) is 1. The molecular formula is C26H35N3O3. The first-order valence-corrected chi connectivity index (χ1v) is 11.7. The van der Waals surface area contributed by atoms with E-state index in [2.05, 4.69) is 34.1 Å². The first-order chi connectivity index (χ1) is 15.6. The van der Waals surface area contributed by atoms with E-state index in [-0.39, 0.29) is 12.1 Å². The summed E-state index contributed by atoms with van der Waals surface area (Å²) in [6, 6.07) is 16.3. The highest BCUT2D eigenvalue weighted by atomic mass is 16.5. The van der Waals surface area contributed by atoms with Crippen LogP contribution < -0.4 is 9.47 Å². The van der Waals surface area contributed by atoms with Crippen LogP contribution in [0.5, 0.6) is 11.5 Å². The Hall–Kier alpha value is -2.57. The number of carbonyl (C=O) groups is 1. The van der Waals surface area contributed by atoms with Crippen molar-refractivity contribution in [3.05, 3.63) is 59.7 Å². The summed E-state index contributed by atoms with van der Waals surface area (Å²) in [4.78, 5) is 19.3. The van der Waals surface area contributed by atoms with Crippen LogP contribution in [-0.2, 0) is 11.2 Å². The molecule has 0 bridgehead atoms. The third kappa shape index (κ3) is 5.61. The number of carbonyl (C=O) groups excluding carboxylic acids is 1. The van der Waals surface area contributed by atoms with E-state index in [0.717, 1.165) is 36.6 Å². The lowest BCUT2D eigenvalue weighted by molar-refractivity contribution is -0.128. The second kappa shape index (κ2) is 10.8. The molecule has 2 aliphatic rings. The minimum Gasteiger partial charge on any atom is -0.497 e. The molecular weight excluding hydrogens is 402 g/mol. The summed E-state index contributed by atoms with van der Waals surface area (Å²) in [6.45, 7) is 5.22. The van der Waals surface area contributed by atoms with Crippen molar-refractivity contribution in [2.24, 2.45) is 0 Å². The van der Waals surface area contributed by atoms with Gasteiger partial charge in [0.15, 0.2) is 0 Å². The molecule has 2 heterocycles. The average molecular weight is 438 g/mol. The van der Waals surface area contributed by atoms with Crippen molar-refractivity contribution in [1.29, 1.82) is 0 Å². The molecule has 1 atom stereocenters. The zero-order valence-corrected chi connectivity index (χ0v) is 19.3. The molecule has 172 valence electrons. The lowest BCUT2D eigenvalue weighted by Crippen LogP contribution is -2.33. The van der Waals surface area contributed by atoms with Gasteiger partial charge >= 0.3 is 0 Å². The fourth-order valence-electron chi connectivity index (χ4n) is 4.70. The molecule has 0 aromatic heterocycles. The SMILES string of the molecule is COc1ccc(CCN2C(=O)CN(C)C2c2ccc(OCCN3CCCCC3)cc2)cc1. The summed E-state index contributed by atoms with van der Waals surface area (Å²) < 4.78 is 11.2. The van der Waals surface area contributed by atoms with Crippen molar-refractivity contribution in [2.45, 2.75) is 31.8 Å². The highest BCUT2D eigenvalue weighted by Gasteiger charge is 2.36. The Bertz CT molecular complexity index is 863. The lowest BCUT2D eigenvalue weighted by Gasteiger charge is -2.28. The fraction of sp³-hybridized carbons (Fsp3) is 0.500. The normalized spacial score (nSPS) is 20.0. The summed E-state index contributed by atoms with van der Waals surface area (Å²) >= 11 is 0. The van der Waals surface area contributed by atoms with Gasteiger partial charge in [-0.2, -0.15) is 0 Å². The monoisotopic (exact) mass is 437 g/mol. The number of piperidine rings is 1. The molecule has 2 aromatic rings. The maximum atomic E-state index is 12.7. The van der Waals surface area contributed by atoms with Crippen LogP contribution in [0.15, 0.2) is 48.5 Å². The highest BCUT2D eigenvalue weighted by molar-refractivity contribution is 5.81. The molecule has 6 nitrogen and oxygen atoms in total. The summed E-state index contributed by atoms with van der Waals surface area (Å²) in [5.74, 6) is 1.91. The Morgan fingerprint density at radius 1 is 0.906 bits per heavy atom. The number of amides is 1. The van der Waals surface area contributed by atoms with Crippen molar-refractivity contribution in [3.8, 4) is 11.5 Å². The van der Waals surface area contributed by atoms with Crippen LogP contribution in [0.3, 0.4) is 0 Å². The van der Waals surface area contributed by atoms with Gasteiger partial charge in [0.25, 0.3) is 0 Å². The molecule has 2 aliphatic heterocycles. The number of methoxy groups -OCH3 is 1. The Kier molecular flexibility index (Phi) is 7.66. The molecule has 32 heavy (non-hydrogen) atoms. The van der Waals surface area contributed by atoms with Crippen molar-refractivity contribution in [3.63, 3.8) is 0 Å². The van der Waals surface area contributed by atoms with Crippen LogP contribution in [0.4, 0.5) is 0 Å². The van der Waals surface area contributed by atoms with E-state index in [0.29, 0.717) is 13.1 Å². The lowest BCUT2D eigenvalue weighted by atomic mass is 10.1. The highest BCUT2D eigenvalue weighted by Crippen LogP contribution is 2.30. The van der Waals surface area contributed by atoms with Gasteiger partial charge in [-0.3, -0.25) is 14.6 Å². The molecule has 0 saturated carbocycles. The number of hydrogen-bond acceptors (Lipinski definition) is 5. The molecule has 4 rings (SSSR count). The molecule has 0 spiro atoms. The van der Waals surface area contributed by atoms with Gasteiger partial charge in [-0.15, -0.1) is 0 Å². The zero-order valence-electron chi connectivity index (χ0n) is 19.3. The molecule has 2 aromatic carbocycles. The zero-order chi connectivity index (χ0) is 22.3. The minimum absolute atomic E-state index is 0.0388. The van der Waals surface area contributed by atoms with Crippen LogP contribution >= 0.6 is 0 Å². The molecule has 0 radical (unpaired) electrons. The predicted octanol–water partition coefficient (Wildman–Crippen LogP) is 3.58. The molecule has 2 fully saturated rings. The number of nitrogens with zero attached hydrogens (tertiary/aromatic N) is 3. The summed E-state index contributed by atoms with van der Waals surface area (Å²) in [6.07, 6.45) is 4.74. The van der Waals surface area contributed by atoms with Gasteiger partial charge in [-0.25, -0.2) is 0 Å². The topological polar surface area (TPSA) is 45.3 Å². The van der Waals surface area contributed by atoms with Crippen molar-refractivity contribution in [2.75, 3.05) is 53.5 Å². The molecule has 0 N–H and O–H groups in total. The fourth-order valence-corrected chi connectivity index (χ4v) is 4.70. The Balaban J connectivity index is 1.33. The Labute approximate surface area is 191 Å². The Morgan fingerprint density at radius 3 is 2.28 bits per heavy atom.